The number of carbonyl (C=O) groups excluding carboxylic acids is 2. The average molecular weight is 313 g/mol. The Morgan fingerprint density at radius 2 is 2.00 bits per heavy atom. The molecule has 2 aromatic rings. The number of aromatic nitrogens is 2. The van der Waals surface area contributed by atoms with Crippen molar-refractivity contribution in [3.63, 3.8) is 0 Å². The summed E-state index contributed by atoms with van der Waals surface area (Å²) in [7, 11) is 0. The molecular weight excluding hydrogens is 294 g/mol. The number of rotatable bonds is 7. The van der Waals surface area contributed by atoms with Crippen LogP contribution in [0.3, 0.4) is 0 Å². The van der Waals surface area contributed by atoms with Crippen LogP contribution in [0, 0.1) is 0 Å². The third-order valence-corrected chi connectivity index (χ3v) is 3.03. The summed E-state index contributed by atoms with van der Waals surface area (Å²) in [5.74, 6) is -0.179. The maximum atomic E-state index is 11.8. The van der Waals surface area contributed by atoms with Gasteiger partial charge in [0.15, 0.2) is 0 Å². The summed E-state index contributed by atoms with van der Waals surface area (Å²) >= 11 is 0. The van der Waals surface area contributed by atoms with E-state index in [4.69, 9.17) is 0 Å². The van der Waals surface area contributed by atoms with E-state index in [1.54, 1.807) is 42.9 Å². The zero-order valence-corrected chi connectivity index (χ0v) is 12.7. The van der Waals surface area contributed by atoms with Crippen LogP contribution in [0.4, 0.5) is 10.5 Å². The average Bonchev–Trinajstić information content (AvgIpc) is 3.06. The molecule has 0 saturated heterocycles. The molecule has 0 spiro atoms. The number of nitrogens with zero attached hydrogens (tertiary/aromatic N) is 2. The monoisotopic (exact) mass is 313 g/mol. The second-order valence-electron chi connectivity index (χ2n) is 4.76. The van der Waals surface area contributed by atoms with Crippen LogP contribution in [-0.2, 0) is 6.54 Å². The SMILES string of the molecule is C=CCNC(=O)c1ccc(NC(=O)NCCn2ccnc2)cc1. The number of amides is 3. The molecule has 7 nitrogen and oxygen atoms in total. The summed E-state index contributed by atoms with van der Waals surface area (Å²) in [4.78, 5) is 27.4. The summed E-state index contributed by atoms with van der Waals surface area (Å²) < 4.78 is 1.87. The van der Waals surface area contributed by atoms with Crippen LogP contribution >= 0.6 is 0 Å². The Balaban J connectivity index is 1.77. The maximum absolute atomic E-state index is 11.8. The Labute approximate surface area is 134 Å². The zero-order valence-electron chi connectivity index (χ0n) is 12.7. The van der Waals surface area contributed by atoms with E-state index >= 15 is 0 Å². The van der Waals surface area contributed by atoms with Gasteiger partial charge >= 0.3 is 6.03 Å². The highest BCUT2D eigenvalue weighted by atomic mass is 16.2. The lowest BCUT2D eigenvalue weighted by Gasteiger charge is -2.09. The van der Waals surface area contributed by atoms with Crippen molar-refractivity contribution >= 4 is 17.6 Å². The number of nitrogens with one attached hydrogen (secondary N) is 3. The second kappa shape index (κ2) is 8.38. The van der Waals surface area contributed by atoms with Crippen molar-refractivity contribution in [3.8, 4) is 0 Å². The minimum absolute atomic E-state index is 0.179. The van der Waals surface area contributed by atoms with Crippen LogP contribution in [0.25, 0.3) is 0 Å². The minimum atomic E-state index is -0.297. The third-order valence-electron chi connectivity index (χ3n) is 3.03. The second-order valence-corrected chi connectivity index (χ2v) is 4.76. The molecule has 0 saturated carbocycles. The summed E-state index contributed by atoms with van der Waals surface area (Å²) in [6.07, 6.45) is 6.82. The largest absolute Gasteiger partial charge is 0.349 e. The van der Waals surface area contributed by atoms with Crippen molar-refractivity contribution in [1.82, 2.24) is 20.2 Å². The van der Waals surface area contributed by atoms with Crippen molar-refractivity contribution < 1.29 is 9.59 Å². The molecule has 0 unspecified atom stereocenters. The Hall–Kier alpha value is -3.09. The van der Waals surface area contributed by atoms with E-state index in [0.717, 1.165) is 0 Å². The quantitative estimate of drug-likeness (QED) is 0.679. The maximum Gasteiger partial charge on any atom is 0.319 e. The highest BCUT2D eigenvalue weighted by molar-refractivity contribution is 5.95. The van der Waals surface area contributed by atoms with Gasteiger partial charge in [-0.25, -0.2) is 9.78 Å². The fourth-order valence-corrected chi connectivity index (χ4v) is 1.86. The Morgan fingerprint density at radius 1 is 1.22 bits per heavy atom. The zero-order chi connectivity index (χ0) is 16.5. The van der Waals surface area contributed by atoms with Crippen LogP contribution < -0.4 is 16.0 Å². The highest BCUT2D eigenvalue weighted by Crippen LogP contribution is 2.09. The van der Waals surface area contributed by atoms with E-state index in [9.17, 15) is 9.59 Å². The molecule has 3 amide bonds. The molecule has 23 heavy (non-hydrogen) atoms. The van der Waals surface area contributed by atoms with E-state index in [1.165, 1.54) is 0 Å². The molecular formula is C16H19N5O2. The first-order valence-electron chi connectivity index (χ1n) is 7.19. The standard InChI is InChI=1S/C16H19N5O2/c1-2-7-18-15(22)13-3-5-14(6-4-13)20-16(23)19-9-11-21-10-8-17-12-21/h2-6,8,10,12H,1,7,9,11H2,(H,18,22)(H2,19,20,23). The lowest BCUT2D eigenvalue weighted by molar-refractivity contribution is 0.0958. The van der Waals surface area contributed by atoms with Gasteiger partial charge in [0, 0.05) is 43.3 Å². The first-order chi connectivity index (χ1) is 11.2. The number of anilines is 1. The molecule has 0 fully saturated rings. The van der Waals surface area contributed by atoms with Gasteiger partial charge in [-0.05, 0) is 24.3 Å². The fourth-order valence-electron chi connectivity index (χ4n) is 1.86. The van der Waals surface area contributed by atoms with Gasteiger partial charge in [-0.2, -0.15) is 0 Å². The first-order valence-corrected chi connectivity index (χ1v) is 7.19. The number of carbonyl (C=O) groups is 2. The lowest BCUT2D eigenvalue weighted by Crippen LogP contribution is -2.31. The van der Waals surface area contributed by atoms with Crippen LogP contribution in [-0.4, -0.2) is 34.6 Å². The van der Waals surface area contributed by atoms with E-state index in [2.05, 4.69) is 27.5 Å². The van der Waals surface area contributed by atoms with Gasteiger partial charge in [0.2, 0.25) is 0 Å². The number of hydrogen-bond donors (Lipinski definition) is 3. The van der Waals surface area contributed by atoms with Crippen molar-refractivity contribution in [2.45, 2.75) is 6.54 Å². The Morgan fingerprint density at radius 3 is 2.65 bits per heavy atom. The molecule has 120 valence electrons. The van der Waals surface area contributed by atoms with E-state index in [-0.39, 0.29) is 11.9 Å². The summed E-state index contributed by atoms with van der Waals surface area (Å²) in [5.41, 5.74) is 1.14. The van der Waals surface area contributed by atoms with Crippen LogP contribution in [0.1, 0.15) is 10.4 Å². The molecule has 7 heteroatoms. The van der Waals surface area contributed by atoms with E-state index < -0.39 is 0 Å². The molecule has 0 aliphatic rings. The highest BCUT2D eigenvalue weighted by Gasteiger charge is 2.05. The Bertz CT molecular complexity index is 650. The van der Waals surface area contributed by atoms with Gasteiger partial charge in [-0.15, -0.1) is 6.58 Å². The molecule has 1 aromatic carbocycles. The summed E-state index contributed by atoms with van der Waals surface area (Å²) in [5, 5.41) is 8.14. The smallest absolute Gasteiger partial charge is 0.319 e. The molecule has 1 heterocycles. The third kappa shape index (κ3) is 5.31. The normalized spacial score (nSPS) is 9.91. The topological polar surface area (TPSA) is 88.0 Å². The van der Waals surface area contributed by atoms with Gasteiger partial charge in [0.05, 0.1) is 6.33 Å². The van der Waals surface area contributed by atoms with Gasteiger partial charge in [-0.1, -0.05) is 6.08 Å². The molecule has 0 bridgehead atoms. The fraction of sp³-hybridized carbons (Fsp3) is 0.188. The molecule has 0 atom stereocenters. The number of hydrogen-bond acceptors (Lipinski definition) is 3. The summed E-state index contributed by atoms with van der Waals surface area (Å²) in [6, 6.07) is 6.37. The predicted molar refractivity (Wildman–Crippen MR) is 88.2 cm³/mol. The van der Waals surface area contributed by atoms with Crippen molar-refractivity contribution in [2.24, 2.45) is 0 Å². The molecule has 2 rings (SSSR count). The first kappa shape index (κ1) is 16.3. The van der Waals surface area contributed by atoms with Gasteiger partial charge in [-0.3, -0.25) is 4.79 Å². The van der Waals surface area contributed by atoms with Crippen LogP contribution in [0.2, 0.25) is 0 Å². The number of imidazole rings is 1. The van der Waals surface area contributed by atoms with Gasteiger partial charge < -0.3 is 20.5 Å². The number of benzene rings is 1. The van der Waals surface area contributed by atoms with Crippen molar-refractivity contribution in [3.05, 3.63) is 61.2 Å². The van der Waals surface area contributed by atoms with Gasteiger partial charge in [0.1, 0.15) is 0 Å². The van der Waals surface area contributed by atoms with E-state index in [1.807, 2.05) is 10.8 Å². The van der Waals surface area contributed by atoms with E-state index in [0.29, 0.717) is 30.9 Å². The Kier molecular flexibility index (Phi) is 5.93. The predicted octanol–water partition coefficient (Wildman–Crippen LogP) is 1.62. The minimum Gasteiger partial charge on any atom is -0.349 e. The van der Waals surface area contributed by atoms with Crippen LogP contribution in [0.5, 0.6) is 0 Å². The summed E-state index contributed by atoms with van der Waals surface area (Å²) in [6.45, 7) is 5.09. The lowest BCUT2D eigenvalue weighted by atomic mass is 10.2. The van der Waals surface area contributed by atoms with Gasteiger partial charge in [0.25, 0.3) is 5.91 Å². The van der Waals surface area contributed by atoms with Crippen molar-refractivity contribution in [2.75, 3.05) is 18.4 Å². The molecule has 0 aliphatic carbocycles. The van der Waals surface area contributed by atoms with Crippen molar-refractivity contribution in [1.29, 1.82) is 0 Å². The number of urea groups is 1. The molecule has 1 aromatic heterocycles. The van der Waals surface area contributed by atoms with Crippen LogP contribution in [0.15, 0.2) is 55.6 Å². The molecule has 3 N–H and O–H groups in total. The molecule has 0 radical (unpaired) electrons. The molecule has 0 aliphatic heterocycles.